The lowest BCUT2D eigenvalue weighted by atomic mass is 9.85. The summed E-state index contributed by atoms with van der Waals surface area (Å²) in [7, 11) is 0. The molecule has 1 aliphatic rings. The summed E-state index contributed by atoms with van der Waals surface area (Å²) in [5.41, 5.74) is 0. The van der Waals surface area contributed by atoms with Gasteiger partial charge in [-0.15, -0.1) is 0 Å². The van der Waals surface area contributed by atoms with Crippen LogP contribution in [-0.2, 0) is 0 Å². The molecule has 0 aromatic carbocycles. The standard InChI is InChI=1S/C8H17NO2/c1-5(2)6-3-9-4-7(10)8(6)11/h5-11H,3-4H2,1-2H3/t6-,7-,8-/m1/s1. The SMILES string of the molecule is CC(C)[C@H]1CNC[C@@H](O)[C@@H]1O. The third kappa shape index (κ3) is 1.92. The molecule has 1 rings (SSSR count). The van der Waals surface area contributed by atoms with Gasteiger partial charge in [0, 0.05) is 19.0 Å². The maximum absolute atomic E-state index is 9.52. The van der Waals surface area contributed by atoms with Gasteiger partial charge >= 0.3 is 0 Å². The van der Waals surface area contributed by atoms with E-state index in [4.69, 9.17) is 0 Å². The Kier molecular flexibility index (Phi) is 2.87. The summed E-state index contributed by atoms with van der Waals surface area (Å²) >= 11 is 0. The summed E-state index contributed by atoms with van der Waals surface area (Å²) in [5.74, 6) is 0.617. The summed E-state index contributed by atoms with van der Waals surface area (Å²) in [4.78, 5) is 0. The van der Waals surface area contributed by atoms with Gasteiger partial charge in [0.05, 0.1) is 12.2 Å². The van der Waals surface area contributed by atoms with E-state index in [0.29, 0.717) is 12.5 Å². The van der Waals surface area contributed by atoms with Crippen LogP contribution in [0.4, 0.5) is 0 Å². The molecule has 0 radical (unpaired) electrons. The molecular weight excluding hydrogens is 142 g/mol. The maximum Gasteiger partial charge on any atom is 0.0926 e. The topological polar surface area (TPSA) is 52.5 Å². The molecule has 11 heavy (non-hydrogen) atoms. The zero-order chi connectivity index (χ0) is 8.43. The zero-order valence-corrected chi connectivity index (χ0v) is 7.12. The third-order valence-electron chi connectivity index (χ3n) is 2.42. The molecule has 0 amide bonds. The largest absolute Gasteiger partial charge is 0.390 e. The predicted molar refractivity (Wildman–Crippen MR) is 43.2 cm³/mol. The smallest absolute Gasteiger partial charge is 0.0926 e. The number of nitrogens with one attached hydrogen (secondary N) is 1. The van der Waals surface area contributed by atoms with Crippen molar-refractivity contribution in [2.45, 2.75) is 26.1 Å². The number of hydrogen-bond donors (Lipinski definition) is 3. The zero-order valence-electron chi connectivity index (χ0n) is 7.12. The first-order chi connectivity index (χ1) is 5.13. The van der Waals surface area contributed by atoms with E-state index in [1.807, 2.05) is 0 Å². The van der Waals surface area contributed by atoms with Crippen LogP contribution < -0.4 is 5.32 Å². The molecule has 3 nitrogen and oxygen atoms in total. The van der Waals surface area contributed by atoms with E-state index >= 15 is 0 Å². The number of hydrogen-bond acceptors (Lipinski definition) is 3. The van der Waals surface area contributed by atoms with Crippen molar-refractivity contribution in [3.05, 3.63) is 0 Å². The van der Waals surface area contributed by atoms with E-state index in [1.165, 1.54) is 0 Å². The molecule has 1 heterocycles. The minimum absolute atomic E-state index is 0.193. The minimum Gasteiger partial charge on any atom is -0.390 e. The summed E-state index contributed by atoms with van der Waals surface area (Å²) in [6.07, 6.45) is -1.13. The van der Waals surface area contributed by atoms with Gasteiger partial charge in [-0.05, 0) is 5.92 Å². The van der Waals surface area contributed by atoms with Crippen molar-refractivity contribution in [2.75, 3.05) is 13.1 Å². The highest BCUT2D eigenvalue weighted by Gasteiger charge is 2.31. The van der Waals surface area contributed by atoms with Gasteiger partial charge in [-0.25, -0.2) is 0 Å². The number of β-amino-alcohol motifs (C(OH)–C–C–N with tert-alkyl or cyclic N) is 1. The summed E-state index contributed by atoms with van der Waals surface area (Å²) in [5, 5.41) is 21.9. The van der Waals surface area contributed by atoms with Crippen LogP contribution >= 0.6 is 0 Å². The van der Waals surface area contributed by atoms with Gasteiger partial charge in [0.2, 0.25) is 0 Å². The molecule has 0 spiro atoms. The third-order valence-corrected chi connectivity index (χ3v) is 2.42. The van der Waals surface area contributed by atoms with Crippen LogP contribution in [0, 0.1) is 11.8 Å². The molecule has 0 aliphatic carbocycles. The van der Waals surface area contributed by atoms with Crippen molar-refractivity contribution in [2.24, 2.45) is 11.8 Å². The molecule has 3 heteroatoms. The molecule has 0 aromatic heterocycles. The molecule has 1 fully saturated rings. The molecule has 0 aromatic rings. The van der Waals surface area contributed by atoms with Crippen LogP contribution in [-0.4, -0.2) is 35.5 Å². The van der Waals surface area contributed by atoms with E-state index in [-0.39, 0.29) is 5.92 Å². The quantitative estimate of drug-likeness (QED) is 0.487. The van der Waals surface area contributed by atoms with Crippen molar-refractivity contribution in [3.63, 3.8) is 0 Å². The number of rotatable bonds is 1. The molecular formula is C8H17NO2. The van der Waals surface area contributed by atoms with Crippen LogP contribution in [0.2, 0.25) is 0 Å². The van der Waals surface area contributed by atoms with E-state index in [0.717, 1.165) is 6.54 Å². The normalized spacial score (nSPS) is 39.5. The van der Waals surface area contributed by atoms with Crippen LogP contribution in [0.25, 0.3) is 0 Å². The fourth-order valence-corrected chi connectivity index (χ4v) is 1.55. The Bertz CT molecular complexity index is 127. The Morgan fingerprint density at radius 2 is 1.91 bits per heavy atom. The molecule has 0 unspecified atom stereocenters. The Labute approximate surface area is 67.4 Å². The van der Waals surface area contributed by atoms with Crippen molar-refractivity contribution < 1.29 is 10.2 Å². The van der Waals surface area contributed by atoms with Gasteiger partial charge in [0.25, 0.3) is 0 Å². The Hall–Kier alpha value is -0.120. The highest BCUT2D eigenvalue weighted by atomic mass is 16.3. The lowest BCUT2D eigenvalue weighted by molar-refractivity contribution is -0.0476. The second kappa shape index (κ2) is 3.52. The lowest BCUT2D eigenvalue weighted by Gasteiger charge is -2.34. The average molecular weight is 159 g/mol. The minimum atomic E-state index is -0.587. The van der Waals surface area contributed by atoms with Gasteiger partial charge in [-0.2, -0.15) is 0 Å². The summed E-state index contributed by atoms with van der Waals surface area (Å²) < 4.78 is 0. The van der Waals surface area contributed by atoms with Crippen LogP contribution in [0.5, 0.6) is 0 Å². The fraction of sp³-hybridized carbons (Fsp3) is 1.00. The van der Waals surface area contributed by atoms with Gasteiger partial charge in [-0.1, -0.05) is 13.8 Å². The second-order valence-corrected chi connectivity index (χ2v) is 3.62. The number of piperidine rings is 1. The van der Waals surface area contributed by atoms with Crippen LogP contribution in [0.3, 0.4) is 0 Å². The molecule has 3 N–H and O–H groups in total. The maximum atomic E-state index is 9.52. The number of aliphatic hydroxyl groups excluding tert-OH is 2. The molecule has 0 bridgehead atoms. The highest BCUT2D eigenvalue weighted by Crippen LogP contribution is 2.19. The second-order valence-electron chi connectivity index (χ2n) is 3.62. The molecule has 1 saturated heterocycles. The Balaban J connectivity index is 2.51. The van der Waals surface area contributed by atoms with Gasteiger partial charge in [0.15, 0.2) is 0 Å². The highest BCUT2D eigenvalue weighted by molar-refractivity contribution is 4.85. The lowest BCUT2D eigenvalue weighted by Crippen LogP contribution is -2.51. The first kappa shape index (κ1) is 8.97. The van der Waals surface area contributed by atoms with Gasteiger partial charge in [0.1, 0.15) is 0 Å². The summed E-state index contributed by atoms with van der Waals surface area (Å²) in [6.45, 7) is 5.46. The van der Waals surface area contributed by atoms with Crippen molar-refractivity contribution >= 4 is 0 Å². The molecule has 1 aliphatic heterocycles. The van der Waals surface area contributed by atoms with E-state index < -0.39 is 12.2 Å². The van der Waals surface area contributed by atoms with Crippen LogP contribution in [0.15, 0.2) is 0 Å². The first-order valence-corrected chi connectivity index (χ1v) is 4.19. The Morgan fingerprint density at radius 3 is 2.36 bits per heavy atom. The van der Waals surface area contributed by atoms with Crippen molar-refractivity contribution in [3.8, 4) is 0 Å². The Morgan fingerprint density at radius 1 is 1.27 bits per heavy atom. The van der Waals surface area contributed by atoms with Gasteiger partial charge < -0.3 is 15.5 Å². The molecule has 0 saturated carbocycles. The van der Waals surface area contributed by atoms with Gasteiger partial charge in [-0.3, -0.25) is 0 Å². The first-order valence-electron chi connectivity index (χ1n) is 4.19. The van der Waals surface area contributed by atoms with Crippen LogP contribution in [0.1, 0.15) is 13.8 Å². The summed E-state index contributed by atoms with van der Waals surface area (Å²) in [6, 6.07) is 0. The fourth-order valence-electron chi connectivity index (χ4n) is 1.55. The van der Waals surface area contributed by atoms with E-state index in [9.17, 15) is 10.2 Å². The monoisotopic (exact) mass is 159 g/mol. The van der Waals surface area contributed by atoms with E-state index in [2.05, 4.69) is 19.2 Å². The van der Waals surface area contributed by atoms with E-state index in [1.54, 1.807) is 0 Å². The van der Waals surface area contributed by atoms with Crippen molar-refractivity contribution in [1.29, 1.82) is 0 Å². The number of aliphatic hydroxyl groups is 2. The molecule has 66 valence electrons. The predicted octanol–water partition coefficient (Wildman–Crippen LogP) is -0.416. The molecule has 3 atom stereocenters. The van der Waals surface area contributed by atoms with Crippen molar-refractivity contribution in [1.82, 2.24) is 5.32 Å². The average Bonchev–Trinajstić information content (AvgIpc) is 1.94.